The average molecular weight is 278 g/mol. The van der Waals surface area contributed by atoms with Crippen LogP contribution < -0.4 is 5.73 Å². The van der Waals surface area contributed by atoms with Gasteiger partial charge >= 0.3 is 0 Å². The Kier molecular flexibility index (Phi) is 3.81. The summed E-state index contributed by atoms with van der Waals surface area (Å²) in [5.74, 6) is 1.65. The maximum absolute atomic E-state index is 5.88. The molecule has 0 amide bonds. The number of hydrogen-bond acceptors (Lipinski definition) is 7. The van der Waals surface area contributed by atoms with Gasteiger partial charge in [-0.15, -0.1) is 0 Å². The third kappa shape index (κ3) is 2.90. The first kappa shape index (κ1) is 13.3. The lowest BCUT2D eigenvalue weighted by molar-refractivity contribution is -0.0427. The van der Waals surface area contributed by atoms with E-state index in [0.717, 1.165) is 13.1 Å². The molecule has 2 aromatic heterocycles. The summed E-state index contributed by atoms with van der Waals surface area (Å²) in [7, 11) is 0. The van der Waals surface area contributed by atoms with Crippen LogP contribution in [0.15, 0.2) is 27.3 Å². The summed E-state index contributed by atoms with van der Waals surface area (Å²) < 4.78 is 16.1. The van der Waals surface area contributed by atoms with Crippen LogP contribution in [0.4, 0.5) is 0 Å². The molecule has 2 unspecified atom stereocenters. The summed E-state index contributed by atoms with van der Waals surface area (Å²) in [4.78, 5) is 6.54. The Bertz CT molecular complexity index is 538. The molecule has 3 heterocycles. The van der Waals surface area contributed by atoms with Crippen LogP contribution >= 0.6 is 0 Å². The molecule has 0 aromatic carbocycles. The van der Waals surface area contributed by atoms with E-state index in [-0.39, 0.29) is 12.1 Å². The van der Waals surface area contributed by atoms with E-state index in [1.807, 2.05) is 6.92 Å². The van der Waals surface area contributed by atoms with Gasteiger partial charge in [0, 0.05) is 19.1 Å². The van der Waals surface area contributed by atoms with E-state index >= 15 is 0 Å². The van der Waals surface area contributed by atoms with E-state index in [1.165, 1.54) is 0 Å². The Labute approximate surface area is 116 Å². The Morgan fingerprint density at radius 3 is 3.20 bits per heavy atom. The number of furan rings is 1. The SMILES string of the molecule is CC(N)C1CN(Cc2nc(-c3ccco3)no2)CCO1. The van der Waals surface area contributed by atoms with Gasteiger partial charge in [0.2, 0.25) is 11.7 Å². The molecule has 1 aliphatic heterocycles. The summed E-state index contributed by atoms with van der Waals surface area (Å²) in [5, 5.41) is 3.92. The normalized spacial score (nSPS) is 22.0. The standard InChI is InChI=1S/C13H18N4O3/c1-9(14)11-7-17(4-6-19-11)8-12-15-13(16-20-12)10-3-2-5-18-10/h2-3,5,9,11H,4,6-8,14H2,1H3. The smallest absolute Gasteiger partial charge is 0.241 e. The second-order valence-corrected chi connectivity index (χ2v) is 4.99. The average Bonchev–Trinajstić information content (AvgIpc) is 3.09. The van der Waals surface area contributed by atoms with Crippen molar-refractivity contribution in [1.82, 2.24) is 15.0 Å². The molecule has 20 heavy (non-hydrogen) atoms. The van der Waals surface area contributed by atoms with Crippen LogP contribution in [0.5, 0.6) is 0 Å². The largest absolute Gasteiger partial charge is 0.461 e. The maximum Gasteiger partial charge on any atom is 0.241 e. The van der Waals surface area contributed by atoms with E-state index in [0.29, 0.717) is 30.6 Å². The second kappa shape index (κ2) is 5.74. The van der Waals surface area contributed by atoms with Crippen LogP contribution in [0.2, 0.25) is 0 Å². The van der Waals surface area contributed by atoms with Crippen molar-refractivity contribution in [3.63, 3.8) is 0 Å². The van der Waals surface area contributed by atoms with Crippen LogP contribution in [0.25, 0.3) is 11.6 Å². The summed E-state index contributed by atoms with van der Waals surface area (Å²) in [6, 6.07) is 3.61. The molecule has 108 valence electrons. The van der Waals surface area contributed by atoms with Crippen molar-refractivity contribution in [3.05, 3.63) is 24.3 Å². The molecular weight excluding hydrogens is 260 g/mol. The number of nitrogens with two attached hydrogens (primary N) is 1. The van der Waals surface area contributed by atoms with Gasteiger partial charge in [0.05, 0.1) is 25.5 Å². The van der Waals surface area contributed by atoms with E-state index in [9.17, 15) is 0 Å². The Balaban J connectivity index is 1.63. The monoisotopic (exact) mass is 278 g/mol. The fourth-order valence-corrected chi connectivity index (χ4v) is 2.21. The zero-order valence-electron chi connectivity index (χ0n) is 11.4. The highest BCUT2D eigenvalue weighted by atomic mass is 16.5. The summed E-state index contributed by atoms with van der Waals surface area (Å²) >= 11 is 0. The predicted molar refractivity (Wildman–Crippen MR) is 70.7 cm³/mol. The molecule has 0 saturated carbocycles. The molecule has 0 bridgehead atoms. The molecule has 0 spiro atoms. The third-order valence-electron chi connectivity index (χ3n) is 3.33. The predicted octanol–water partition coefficient (Wildman–Crippen LogP) is 0.878. The minimum Gasteiger partial charge on any atom is -0.461 e. The van der Waals surface area contributed by atoms with Gasteiger partial charge in [-0.25, -0.2) is 0 Å². The van der Waals surface area contributed by atoms with Crippen molar-refractivity contribution < 1.29 is 13.7 Å². The first-order valence-corrected chi connectivity index (χ1v) is 6.68. The quantitative estimate of drug-likeness (QED) is 0.887. The lowest BCUT2D eigenvalue weighted by atomic mass is 10.1. The number of nitrogens with zero attached hydrogens (tertiary/aromatic N) is 3. The number of morpholine rings is 1. The van der Waals surface area contributed by atoms with Crippen LogP contribution in [0.3, 0.4) is 0 Å². The molecule has 2 atom stereocenters. The fourth-order valence-electron chi connectivity index (χ4n) is 2.21. The Morgan fingerprint density at radius 2 is 2.45 bits per heavy atom. The number of ether oxygens (including phenoxy) is 1. The zero-order chi connectivity index (χ0) is 13.9. The second-order valence-electron chi connectivity index (χ2n) is 4.99. The van der Waals surface area contributed by atoms with E-state index in [1.54, 1.807) is 18.4 Å². The number of aromatic nitrogens is 2. The number of hydrogen-bond donors (Lipinski definition) is 1. The van der Waals surface area contributed by atoms with Crippen molar-refractivity contribution >= 4 is 0 Å². The van der Waals surface area contributed by atoms with Crippen molar-refractivity contribution in [2.24, 2.45) is 5.73 Å². The molecule has 0 aliphatic carbocycles. The van der Waals surface area contributed by atoms with Gasteiger partial charge in [-0.3, -0.25) is 4.90 Å². The van der Waals surface area contributed by atoms with E-state index in [2.05, 4.69) is 15.0 Å². The van der Waals surface area contributed by atoms with Gasteiger partial charge in [0.25, 0.3) is 0 Å². The van der Waals surface area contributed by atoms with Crippen LogP contribution in [0, 0.1) is 0 Å². The van der Waals surface area contributed by atoms with Crippen LogP contribution in [-0.4, -0.2) is 46.9 Å². The maximum atomic E-state index is 5.88. The van der Waals surface area contributed by atoms with Crippen LogP contribution in [-0.2, 0) is 11.3 Å². The molecular formula is C13H18N4O3. The Hall–Kier alpha value is -1.70. The van der Waals surface area contributed by atoms with Gasteiger partial charge in [-0.05, 0) is 19.1 Å². The summed E-state index contributed by atoms with van der Waals surface area (Å²) in [5.41, 5.74) is 5.88. The van der Waals surface area contributed by atoms with Gasteiger partial charge in [0.1, 0.15) is 0 Å². The van der Waals surface area contributed by atoms with Gasteiger partial charge in [0.15, 0.2) is 5.76 Å². The van der Waals surface area contributed by atoms with Crippen LogP contribution in [0.1, 0.15) is 12.8 Å². The first-order chi connectivity index (χ1) is 9.72. The van der Waals surface area contributed by atoms with E-state index in [4.69, 9.17) is 19.4 Å². The molecule has 1 fully saturated rings. The molecule has 2 aromatic rings. The molecule has 0 radical (unpaired) electrons. The minimum absolute atomic E-state index is 0.0131. The van der Waals surface area contributed by atoms with Gasteiger partial charge in [-0.1, -0.05) is 5.16 Å². The molecule has 3 rings (SSSR count). The summed E-state index contributed by atoms with van der Waals surface area (Å²) in [6.45, 7) is 4.83. The first-order valence-electron chi connectivity index (χ1n) is 6.68. The van der Waals surface area contributed by atoms with Crippen molar-refractivity contribution in [2.75, 3.05) is 19.7 Å². The third-order valence-corrected chi connectivity index (χ3v) is 3.33. The summed E-state index contributed by atoms with van der Waals surface area (Å²) in [6.07, 6.45) is 1.64. The molecule has 1 aliphatic rings. The molecule has 1 saturated heterocycles. The number of rotatable bonds is 4. The van der Waals surface area contributed by atoms with Gasteiger partial charge < -0.3 is 19.4 Å². The minimum atomic E-state index is 0.0131. The highest BCUT2D eigenvalue weighted by Gasteiger charge is 2.24. The van der Waals surface area contributed by atoms with Crippen molar-refractivity contribution in [2.45, 2.75) is 25.6 Å². The van der Waals surface area contributed by atoms with Crippen molar-refractivity contribution in [1.29, 1.82) is 0 Å². The molecule has 7 heteroatoms. The fraction of sp³-hybridized carbons (Fsp3) is 0.538. The highest BCUT2D eigenvalue weighted by molar-refractivity contribution is 5.44. The Morgan fingerprint density at radius 1 is 1.55 bits per heavy atom. The highest BCUT2D eigenvalue weighted by Crippen LogP contribution is 2.17. The molecule has 7 nitrogen and oxygen atoms in total. The lowest BCUT2D eigenvalue weighted by Gasteiger charge is -2.33. The van der Waals surface area contributed by atoms with Gasteiger partial charge in [-0.2, -0.15) is 4.98 Å². The zero-order valence-corrected chi connectivity index (χ0v) is 11.4. The topological polar surface area (TPSA) is 90.6 Å². The lowest BCUT2D eigenvalue weighted by Crippen LogP contribution is -2.49. The van der Waals surface area contributed by atoms with E-state index < -0.39 is 0 Å². The molecule has 2 N–H and O–H groups in total. The van der Waals surface area contributed by atoms with Crippen molar-refractivity contribution in [3.8, 4) is 11.6 Å².